The maximum atomic E-state index is 5.97. The van der Waals surface area contributed by atoms with Crippen LogP contribution in [0.15, 0.2) is 18.3 Å². The number of benzene rings is 1. The molecule has 0 bridgehead atoms. The number of H-pyrrole nitrogens is 1. The number of nitrogens with zero attached hydrogens (tertiary/aromatic N) is 1. The first kappa shape index (κ1) is 11.7. The highest BCUT2D eigenvalue weighted by molar-refractivity contribution is 5.88. The number of nitrogen functional groups attached to an aromatic ring is 1. The normalized spacial score (nSPS) is 12.8. The fourth-order valence-corrected chi connectivity index (χ4v) is 1.79. The number of methoxy groups -OCH3 is 1. The molecule has 0 radical (unpaired) electrons. The van der Waals surface area contributed by atoms with Crippen LogP contribution in [0, 0.1) is 5.92 Å². The Kier molecular flexibility index (Phi) is 3.49. The summed E-state index contributed by atoms with van der Waals surface area (Å²) in [5.41, 5.74) is 8.63. The maximum Gasteiger partial charge on any atom is 0.0672 e. The van der Waals surface area contributed by atoms with Gasteiger partial charge in [0.2, 0.25) is 0 Å². The summed E-state index contributed by atoms with van der Waals surface area (Å²) in [6.45, 7) is 3.69. The van der Waals surface area contributed by atoms with Crippen molar-refractivity contribution in [2.24, 2.45) is 5.92 Å². The summed E-state index contributed by atoms with van der Waals surface area (Å²) in [4.78, 5) is 0. The Bertz CT molecular complexity index is 494. The van der Waals surface area contributed by atoms with E-state index in [1.54, 1.807) is 13.3 Å². The SMILES string of the molecule is COCC(C)CNc1cc2[nH]ncc2cc1N. The van der Waals surface area contributed by atoms with Crippen LogP contribution in [0.4, 0.5) is 11.4 Å². The van der Waals surface area contributed by atoms with Crippen molar-refractivity contribution in [3.05, 3.63) is 18.3 Å². The van der Waals surface area contributed by atoms with Gasteiger partial charge in [0.1, 0.15) is 0 Å². The van der Waals surface area contributed by atoms with Gasteiger partial charge in [0.15, 0.2) is 0 Å². The average Bonchev–Trinajstić information content (AvgIpc) is 2.73. The smallest absolute Gasteiger partial charge is 0.0672 e. The summed E-state index contributed by atoms with van der Waals surface area (Å²) >= 11 is 0. The summed E-state index contributed by atoms with van der Waals surface area (Å²) in [6.07, 6.45) is 1.77. The van der Waals surface area contributed by atoms with Gasteiger partial charge in [-0.05, 0) is 18.1 Å². The van der Waals surface area contributed by atoms with E-state index in [0.29, 0.717) is 5.92 Å². The highest BCUT2D eigenvalue weighted by Gasteiger charge is 2.05. The van der Waals surface area contributed by atoms with Crippen LogP contribution in [0.1, 0.15) is 6.92 Å². The third kappa shape index (κ3) is 2.68. The first-order valence-electron chi connectivity index (χ1n) is 5.66. The fourth-order valence-electron chi connectivity index (χ4n) is 1.79. The highest BCUT2D eigenvalue weighted by Crippen LogP contribution is 2.24. The van der Waals surface area contributed by atoms with Crippen LogP contribution in [0.3, 0.4) is 0 Å². The van der Waals surface area contributed by atoms with Crippen LogP contribution in [0.2, 0.25) is 0 Å². The number of nitrogens with two attached hydrogens (primary N) is 1. The summed E-state index contributed by atoms with van der Waals surface area (Å²) in [6, 6.07) is 3.90. The molecular formula is C12H18N4O. The molecule has 1 aromatic heterocycles. The number of aromatic nitrogens is 2. The number of rotatable bonds is 5. The molecule has 17 heavy (non-hydrogen) atoms. The van der Waals surface area contributed by atoms with E-state index in [4.69, 9.17) is 10.5 Å². The van der Waals surface area contributed by atoms with E-state index in [9.17, 15) is 0 Å². The van der Waals surface area contributed by atoms with Gasteiger partial charge in [-0.3, -0.25) is 5.10 Å². The lowest BCUT2D eigenvalue weighted by Crippen LogP contribution is -2.16. The molecule has 0 saturated heterocycles. The first-order chi connectivity index (χ1) is 8.20. The number of hydrogen-bond donors (Lipinski definition) is 3. The molecule has 0 aliphatic rings. The fraction of sp³-hybridized carbons (Fsp3) is 0.417. The Hall–Kier alpha value is -1.75. The number of aromatic amines is 1. The van der Waals surface area contributed by atoms with Crippen LogP contribution < -0.4 is 11.1 Å². The van der Waals surface area contributed by atoms with Gasteiger partial charge >= 0.3 is 0 Å². The summed E-state index contributed by atoms with van der Waals surface area (Å²) in [5.74, 6) is 0.442. The Morgan fingerprint density at radius 1 is 1.53 bits per heavy atom. The van der Waals surface area contributed by atoms with Gasteiger partial charge in [-0.1, -0.05) is 6.92 Å². The van der Waals surface area contributed by atoms with Gasteiger partial charge in [-0.25, -0.2) is 0 Å². The van der Waals surface area contributed by atoms with E-state index in [-0.39, 0.29) is 0 Å². The maximum absolute atomic E-state index is 5.97. The number of anilines is 2. The molecule has 0 fully saturated rings. The first-order valence-corrected chi connectivity index (χ1v) is 5.66. The van der Waals surface area contributed by atoms with Crippen molar-refractivity contribution in [2.45, 2.75) is 6.92 Å². The monoisotopic (exact) mass is 234 g/mol. The third-order valence-corrected chi connectivity index (χ3v) is 2.70. The van der Waals surface area contributed by atoms with Crippen LogP contribution in [0.5, 0.6) is 0 Å². The zero-order valence-corrected chi connectivity index (χ0v) is 10.2. The Labute approximate surface area is 100 Å². The lowest BCUT2D eigenvalue weighted by atomic mass is 10.1. The van der Waals surface area contributed by atoms with E-state index in [0.717, 1.165) is 35.4 Å². The zero-order valence-electron chi connectivity index (χ0n) is 10.2. The second kappa shape index (κ2) is 5.05. The van der Waals surface area contributed by atoms with Crippen molar-refractivity contribution < 1.29 is 4.74 Å². The molecule has 5 heteroatoms. The van der Waals surface area contributed by atoms with Gasteiger partial charge in [-0.15, -0.1) is 0 Å². The second-order valence-electron chi connectivity index (χ2n) is 4.34. The molecule has 0 spiro atoms. The minimum absolute atomic E-state index is 0.442. The molecule has 92 valence electrons. The number of nitrogens with one attached hydrogen (secondary N) is 2. The third-order valence-electron chi connectivity index (χ3n) is 2.70. The molecule has 1 unspecified atom stereocenters. The predicted molar refractivity (Wildman–Crippen MR) is 70.0 cm³/mol. The molecule has 5 nitrogen and oxygen atoms in total. The topological polar surface area (TPSA) is 76.0 Å². The van der Waals surface area contributed by atoms with Crippen LogP contribution >= 0.6 is 0 Å². The van der Waals surface area contributed by atoms with Crippen LogP contribution in [-0.2, 0) is 4.74 Å². The van der Waals surface area contributed by atoms with Gasteiger partial charge in [0, 0.05) is 19.0 Å². The van der Waals surface area contributed by atoms with Gasteiger partial charge in [-0.2, -0.15) is 5.10 Å². The van der Waals surface area contributed by atoms with Crippen molar-refractivity contribution in [2.75, 3.05) is 31.3 Å². The van der Waals surface area contributed by atoms with E-state index in [1.807, 2.05) is 12.1 Å². The molecule has 4 N–H and O–H groups in total. The quantitative estimate of drug-likeness (QED) is 0.690. The minimum atomic E-state index is 0.442. The Balaban J connectivity index is 2.09. The van der Waals surface area contributed by atoms with Crippen molar-refractivity contribution in [3.63, 3.8) is 0 Å². The molecule has 1 heterocycles. The predicted octanol–water partition coefficient (Wildman–Crippen LogP) is 1.84. The van der Waals surface area contributed by atoms with E-state index in [1.165, 1.54) is 0 Å². The molecule has 2 rings (SSSR count). The number of ether oxygens (including phenoxy) is 1. The van der Waals surface area contributed by atoms with E-state index < -0.39 is 0 Å². The summed E-state index contributed by atoms with van der Waals surface area (Å²) < 4.78 is 5.09. The van der Waals surface area contributed by atoms with E-state index >= 15 is 0 Å². The van der Waals surface area contributed by atoms with Crippen LogP contribution in [0.25, 0.3) is 10.9 Å². The Morgan fingerprint density at radius 3 is 3.12 bits per heavy atom. The molecule has 0 aliphatic carbocycles. The standard InChI is InChI=1S/C12H18N4O/c1-8(7-17-2)5-14-12-4-11-9(3-10(12)13)6-15-16-11/h3-4,6,8,14H,5,7,13H2,1-2H3,(H,15,16). The Morgan fingerprint density at radius 2 is 2.35 bits per heavy atom. The molecule has 0 amide bonds. The molecular weight excluding hydrogens is 216 g/mol. The number of fused-ring (bicyclic) bond motifs is 1. The highest BCUT2D eigenvalue weighted by atomic mass is 16.5. The lowest BCUT2D eigenvalue weighted by Gasteiger charge is -2.14. The van der Waals surface area contributed by atoms with E-state index in [2.05, 4.69) is 22.4 Å². The lowest BCUT2D eigenvalue weighted by molar-refractivity contribution is 0.164. The minimum Gasteiger partial charge on any atom is -0.397 e. The van der Waals surface area contributed by atoms with Gasteiger partial charge < -0.3 is 15.8 Å². The molecule has 1 aromatic carbocycles. The average molecular weight is 234 g/mol. The van der Waals surface area contributed by atoms with Gasteiger partial charge in [0.05, 0.1) is 29.7 Å². The molecule has 0 saturated carbocycles. The van der Waals surface area contributed by atoms with Crippen molar-refractivity contribution in [1.29, 1.82) is 0 Å². The number of hydrogen-bond acceptors (Lipinski definition) is 4. The van der Waals surface area contributed by atoms with Crippen molar-refractivity contribution in [1.82, 2.24) is 10.2 Å². The van der Waals surface area contributed by atoms with Gasteiger partial charge in [0.25, 0.3) is 0 Å². The molecule has 0 aliphatic heterocycles. The van der Waals surface area contributed by atoms with Crippen molar-refractivity contribution in [3.8, 4) is 0 Å². The van der Waals surface area contributed by atoms with Crippen molar-refractivity contribution >= 4 is 22.3 Å². The summed E-state index contributed by atoms with van der Waals surface area (Å²) in [5, 5.41) is 11.3. The second-order valence-corrected chi connectivity index (χ2v) is 4.34. The summed E-state index contributed by atoms with van der Waals surface area (Å²) in [7, 11) is 1.71. The van der Waals surface area contributed by atoms with Crippen LogP contribution in [-0.4, -0.2) is 30.5 Å². The molecule has 1 atom stereocenters. The largest absolute Gasteiger partial charge is 0.397 e. The zero-order chi connectivity index (χ0) is 12.3. The molecule has 2 aromatic rings.